The highest BCUT2D eigenvalue weighted by Crippen LogP contribution is 2.34. The quantitative estimate of drug-likeness (QED) is 0.728. The van der Waals surface area contributed by atoms with Crippen molar-refractivity contribution in [3.05, 3.63) is 0 Å². The molecule has 1 amide bonds. The average Bonchev–Trinajstić information content (AvgIpc) is 2.16. The summed E-state index contributed by atoms with van der Waals surface area (Å²) in [6.45, 7) is 5.34. The van der Waals surface area contributed by atoms with E-state index in [4.69, 9.17) is 10.5 Å². The van der Waals surface area contributed by atoms with E-state index in [-0.39, 0.29) is 11.9 Å². The highest BCUT2D eigenvalue weighted by molar-refractivity contribution is 5.80. The minimum atomic E-state index is -0.248. The Labute approximate surface area is 90.8 Å². The zero-order valence-electron chi connectivity index (χ0n) is 9.32. The molecular weight excluding hydrogens is 192 g/mol. The summed E-state index contributed by atoms with van der Waals surface area (Å²) in [7, 11) is 0. The zero-order chi connectivity index (χ0) is 10.8. The Morgan fingerprint density at radius 3 is 2.87 bits per heavy atom. The third-order valence-electron chi connectivity index (χ3n) is 3.53. The average molecular weight is 212 g/mol. The molecule has 1 heterocycles. The summed E-state index contributed by atoms with van der Waals surface area (Å²) in [4.78, 5) is 13.4. The van der Waals surface area contributed by atoms with Gasteiger partial charge in [0, 0.05) is 13.1 Å². The molecule has 1 aliphatic heterocycles. The van der Waals surface area contributed by atoms with Crippen molar-refractivity contribution < 1.29 is 9.53 Å². The fourth-order valence-corrected chi connectivity index (χ4v) is 2.67. The molecule has 0 radical (unpaired) electrons. The Morgan fingerprint density at radius 1 is 1.53 bits per heavy atom. The van der Waals surface area contributed by atoms with E-state index in [9.17, 15) is 4.79 Å². The van der Waals surface area contributed by atoms with Crippen molar-refractivity contribution in [1.29, 1.82) is 0 Å². The van der Waals surface area contributed by atoms with Gasteiger partial charge in [0.1, 0.15) is 6.04 Å². The van der Waals surface area contributed by atoms with Crippen LogP contribution in [0.2, 0.25) is 0 Å². The summed E-state index contributed by atoms with van der Waals surface area (Å²) in [5, 5.41) is 0. The minimum absolute atomic E-state index is 0.199. The van der Waals surface area contributed by atoms with Gasteiger partial charge < -0.3 is 10.5 Å². The Morgan fingerprint density at radius 2 is 2.27 bits per heavy atom. The number of carbonyl (C=O) groups is 1. The van der Waals surface area contributed by atoms with Crippen molar-refractivity contribution in [3.63, 3.8) is 0 Å². The van der Waals surface area contributed by atoms with E-state index in [0.29, 0.717) is 6.61 Å². The fraction of sp³-hybridized carbons (Fsp3) is 0.909. The summed E-state index contributed by atoms with van der Waals surface area (Å²) in [5.41, 5.74) is 5.36. The van der Waals surface area contributed by atoms with Crippen LogP contribution in [0.5, 0.6) is 0 Å². The molecule has 2 rings (SSSR count). The zero-order valence-corrected chi connectivity index (χ0v) is 9.32. The van der Waals surface area contributed by atoms with Crippen LogP contribution in [0.4, 0.5) is 0 Å². The first-order valence-electron chi connectivity index (χ1n) is 5.78. The van der Waals surface area contributed by atoms with Gasteiger partial charge >= 0.3 is 0 Å². The van der Waals surface area contributed by atoms with Gasteiger partial charge in [-0.2, -0.15) is 0 Å². The molecule has 2 N–H and O–H groups in total. The van der Waals surface area contributed by atoms with Crippen LogP contribution < -0.4 is 5.73 Å². The van der Waals surface area contributed by atoms with Crippen molar-refractivity contribution in [2.75, 3.05) is 26.3 Å². The molecule has 2 fully saturated rings. The summed E-state index contributed by atoms with van der Waals surface area (Å²) < 4.78 is 5.29. The standard InChI is InChI=1S/C11H20N2O2/c1-8-4-9(5-8)6-13-2-3-15-7-10(13)11(12)14/h8-10H,2-7H2,1H3,(H2,12,14)/t8?,9?,10-/m0/s1. The largest absolute Gasteiger partial charge is 0.378 e. The van der Waals surface area contributed by atoms with Gasteiger partial charge in [0.15, 0.2) is 0 Å². The third-order valence-corrected chi connectivity index (χ3v) is 3.53. The lowest BCUT2D eigenvalue weighted by Gasteiger charge is -2.40. The number of hydrogen-bond donors (Lipinski definition) is 1. The number of amides is 1. The number of rotatable bonds is 3. The van der Waals surface area contributed by atoms with Crippen LogP contribution >= 0.6 is 0 Å². The second kappa shape index (κ2) is 4.49. The lowest BCUT2D eigenvalue weighted by molar-refractivity contribution is -0.130. The number of primary amides is 1. The molecule has 15 heavy (non-hydrogen) atoms. The highest BCUT2D eigenvalue weighted by Gasteiger charge is 2.33. The monoisotopic (exact) mass is 212 g/mol. The molecule has 2 aliphatic rings. The third kappa shape index (κ3) is 2.49. The molecule has 1 saturated heterocycles. The smallest absolute Gasteiger partial charge is 0.237 e. The Hall–Kier alpha value is -0.610. The number of ether oxygens (including phenoxy) is 1. The topological polar surface area (TPSA) is 55.6 Å². The molecule has 4 nitrogen and oxygen atoms in total. The molecule has 0 aromatic carbocycles. The lowest BCUT2D eigenvalue weighted by Crippen LogP contribution is -2.54. The predicted molar refractivity (Wildman–Crippen MR) is 57.3 cm³/mol. The van der Waals surface area contributed by atoms with Gasteiger partial charge in [0.25, 0.3) is 0 Å². The van der Waals surface area contributed by atoms with Crippen molar-refractivity contribution in [2.24, 2.45) is 17.6 Å². The van der Waals surface area contributed by atoms with Gasteiger partial charge in [0.05, 0.1) is 13.2 Å². The van der Waals surface area contributed by atoms with Crippen LogP contribution in [0.25, 0.3) is 0 Å². The second-order valence-corrected chi connectivity index (χ2v) is 4.93. The van der Waals surface area contributed by atoms with E-state index in [2.05, 4.69) is 11.8 Å². The maximum Gasteiger partial charge on any atom is 0.237 e. The van der Waals surface area contributed by atoms with Crippen LogP contribution in [0, 0.1) is 11.8 Å². The van der Waals surface area contributed by atoms with E-state index >= 15 is 0 Å². The van der Waals surface area contributed by atoms with Gasteiger partial charge in [0.2, 0.25) is 5.91 Å². The molecule has 1 atom stereocenters. The van der Waals surface area contributed by atoms with E-state index < -0.39 is 0 Å². The first kappa shape index (κ1) is 10.9. The molecular formula is C11H20N2O2. The molecule has 86 valence electrons. The van der Waals surface area contributed by atoms with Crippen LogP contribution in [-0.4, -0.2) is 43.2 Å². The van der Waals surface area contributed by atoms with Crippen molar-refractivity contribution in [2.45, 2.75) is 25.8 Å². The number of hydrogen-bond acceptors (Lipinski definition) is 3. The first-order chi connectivity index (χ1) is 7.16. The van der Waals surface area contributed by atoms with Gasteiger partial charge in [-0.1, -0.05) is 6.92 Å². The van der Waals surface area contributed by atoms with Gasteiger partial charge in [-0.25, -0.2) is 0 Å². The second-order valence-electron chi connectivity index (χ2n) is 4.93. The van der Waals surface area contributed by atoms with Crippen LogP contribution in [0.3, 0.4) is 0 Å². The molecule has 1 saturated carbocycles. The number of nitrogens with two attached hydrogens (primary N) is 1. The molecule has 0 bridgehead atoms. The highest BCUT2D eigenvalue weighted by atomic mass is 16.5. The van der Waals surface area contributed by atoms with Crippen molar-refractivity contribution >= 4 is 5.91 Å². The van der Waals surface area contributed by atoms with Crippen LogP contribution in [-0.2, 0) is 9.53 Å². The van der Waals surface area contributed by atoms with E-state index in [1.165, 1.54) is 12.8 Å². The van der Waals surface area contributed by atoms with Gasteiger partial charge in [-0.05, 0) is 24.7 Å². The first-order valence-corrected chi connectivity index (χ1v) is 5.78. The lowest BCUT2D eigenvalue weighted by atomic mass is 9.76. The molecule has 4 heteroatoms. The van der Waals surface area contributed by atoms with E-state index in [1.807, 2.05) is 0 Å². The molecule has 0 aromatic heterocycles. The minimum Gasteiger partial charge on any atom is -0.378 e. The summed E-state index contributed by atoms with van der Waals surface area (Å²) in [6, 6.07) is -0.199. The van der Waals surface area contributed by atoms with Gasteiger partial charge in [-0.3, -0.25) is 9.69 Å². The van der Waals surface area contributed by atoms with E-state index in [1.54, 1.807) is 0 Å². The molecule has 0 spiro atoms. The Balaban J connectivity index is 1.85. The summed E-state index contributed by atoms with van der Waals surface area (Å²) in [6.07, 6.45) is 2.59. The fourth-order valence-electron chi connectivity index (χ4n) is 2.67. The van der Waals surface area contributed by atoms with E-state index in [0.717, 1.165) is 31.5 Å². The molecule has 1 aliphatic carbocycles. The molecule has 0 unspecified atom stereocenters. The SMILES string of the molecule is CC1CC(CN2CCOC[C@H]2C(N)=O)C1. The van der Waals surface area contributed by atoms with Gasteiger partial charge in [-0.15, -0.1) is 0 Å². The maximum absolute atomic E-state index is 11.2. The maximum atomic E-state index is 11.2. The van der Waals surface area contributed by atoms with Crippen LogP contribution in [0.15, 0.2) is 0 Å². The molecule has 0 aromatic rings. The Kier molecular flexibility index (Phi) is 3.26. The Bertz CT molecular complexity index is 239. The number of nitrogens with zero attached hydrogens (tertiary/aromatic N) is 1. The predicted octanol–water partition coefficient (Wildman–Crippen LogP) is 0.219. The summed E-state index contributed by atoms with van der Waals surface area (Å²) >= 11 is 0. The van der Waals surface area contributed by atoms with Crippen molar-refractivity contribution in [1.82, 2.24) is 4.90 Å². The number of morpholine rings is 1. The number of carbonyl (C=O) groups excluding carboxylic acids is 1. The van der Waals surface area contributed by atoms with Crippen LogP contribution in [0.1, 0.15) is 19.8 Å². The normalized spacial score (nSPS) is 37.3. The summed E-state index contributed by atoms with van der Waals surface area (Å²) in [5.74, 6) is 1.38. The van der Waals surface area contributed by atoms with Crippen molar-refractivity contribution in [3.8, 4) is 0 Å².